The molecule has 1 fully saturated rings. The summed E-state index contributed by atoms with van der Waals surface area (Å²) in [7, 11) is 3.48. The molecule has 1 saturated carbocycles. The maximum absolute atomic E-state index is 5.42. The Morgan fingerprint density at radius 3 is 2.39 bits per heavy atom. The van der Waals surface area contributed by atoms with Gasteiger partial charge in [0.15, 0.2) is 0 Å². The van der Waals surface area contributed by atoms with Crippen molar-refractivity contribution in [2.45, 2.75) is 58.6 Å². The standard InChI is InChI=1S/C15H31NO2/c1-15(2,3)13-8-6-7-9-14(13)16-10-12(18-5)11-17-4/h12-14,16H,6-11H2,1-5H3. The molecule has 0 bridgehead atoms. The zero-order chi connectivity index (χ0) is 13.6. The minimum Gasteiger partial charge on any atom is -0.382 e. The van der Waals surface area contributed by atoms with Gasteiger partial charge in [0.05, 0.1) is 12.7 Å². The average Bonchev–Trinajstić information content (AvgIpc) is 2.33. The molecule has 18 heavy (non-hydrogen) atoms. The van der Waals surface area contributed by atoms with Crippen molar-refractivity contribution in [2.24, 2.45) is 11.3 Å². The highest BCUT2D eigenvalue weighted by Crippen LogP contribution is 2.37. The van der Waals surface area contributed by atoms with Crippen molar-refractivity contribution in [3.05, 3.63) is 0 Å². The summed E-state index contributed by atoms with van der Waals surface area (Å²) in [5.74, 6) is 0.770. The van der Waals surface area contributed by atoms with E-state index in [1.165, 1.54) is 25.7 Å². The number of nitrogens with one attached hydrogen (secondary N) is 1. The SMILES string of the molecule is COCC(CNC1CCCCC1C(C)(C)C)OC. The minimum atomic E-state index is 0.164. The molecule has 0 radical (unpaired) electrons. The van der Waals surface area contributed by atoms with E-state index in [0.717, 1.165) is 12.5 Å². The van der Waals surface area contributed by atoms with E-state index in [1.807, 2.05) is 0 Å². The van der Waals surface area contributed by atoms with Crippen molar-refractivity contribution in [1.29, 1.82) is 0 Å². The lowest BCUT2D eigenvalue weighted by Crippen LogP contribution is -2.47. The number of rotatable bonds is 6. The van der Waals surface area contributed by atoms with Gasteiger partial charge in [-0.05, 0) is 24.2 Å². The van der Waals surface area contributed by atoms with Crippen LogP contribution < -0.4 is 5.32 Å². The molecule has 3 unspecified atom stereocenters. The van der Waals surface area contributed by atoms with Crippen molar-refractivity contribution in [3.63, 3.8) is 0 Å². The van der Waals surface area contributed by atoms with Gasteiger partial charge >= 0.3 is 0 Å². The van der Waals surface area contributed by atoms with Crippen molar-refractivity contribution in [1.82, 2.24) is 5.32 Å². The number of hydrogen-bond acceptors (Lipinski definition) is 3. The molecule has 0 amide bonds. The zero-order valence-corrected chi connectivity index (χ0v) is 12.8. The van der Waals surface area contributed by atoms with Gasteiger partial charge in [0.25, 0.3) is 0 Å². The molecule has 0 aromatic carbocycles. The third-order valence-corrected chi connectivity index (χ3v) is 4.17. The number of ether oxygens (including phenoxy) is 2. The molecule has 0 aliphatic heterocycles. The Morgan fingerprint density at radius 1 is 1.17 bits per heavy atom. The zero-order valence-electron chi connectivity index (χ0n) is 12.8. The summed E-state index contributed by atoms with van der Waals surface area (Å²) in [5, 5.41) is 3.71. The van der Waals surface area contributed by atoms with Crippen LogP contribution in [0.1, 0.15) is 46.5 Å². The summed E-state index contributed by atoms with van der Waals surface area (Å²) in [6, 6.07) is 0.633. The van der Waals surface area contributed by atoms with Gasteiger partial charge in [-0.15, -0.1) is 0 Å². The van der Waals surface area contributed by atoms with E-state index in [4.69, 9.17) is 9.47 Å². The van der Waals surface area contributed by atoms with E-state index in [0.29, 0.717) is 18.1 Å². The third kappa shape index (κ3) is 4.87. The predicted octanol–water partition coefficient (Wildman–Crippen LogP) is 2.84. The van der Waals surface area contributed by atoms with E-state index in [-0.39, 0.29) is 6.10 Å². The molecule has 3 heteroatoms. The van der Waals surface area contributed by atoms with Gasteiger partial charge in [0.2, 0.25) is 0 Å². The molecule has 1 aliphatic rings. The maximum atomic E-state index is 5.42. The van der Waals surface area contributed by atoms with Crippen LogP contribution in [0.25, 0.3) is 0 Å². The van der Waals surface area contributed by atoms with Crippen LogP contribution >= 0.6 is 0 Å². The fourth-order valence-electron chi connectivity index (χ4n) is 3.09. The molecule has 108 valence electrons. The Balaban J connectivity index is 2.47. The van der Waals surface area contributed by atoms with Crippen LogP contribution in [0.15, 0.2) is 0 Å². The second-order valence-corrected chi connectivity index (χ2v) is 6.58. The number of methoxy groups -OCH3 is 2. The largest absolute Gasteiger partial charge is 0.382 e. The first kappa shape index (κ1) is 15.9. The Bertz CT molecular complexity index is 225. The molecule has 0 spiro atoms. The summed E-state index contributed by atoms with van der Waals surface area (Å²) in [4.78, 5) is 0. The monoisotopic (exact) mass is 257 g/mol. The second-order valence-electron chi connectivity index (χ2n) is 6.58. The molecule has 3 nitrogen and oxygen atoms in total. The van der Waals surface area contributed by atoms with Gasteiger partial charge in [0.1, 0.15) is 0 Å². The summed E-state index contributed by atoms with van der Waals surface area (Å²) >= 11 is 0. The van der Waals surface area contributed by atoms with E-state index in [9.17, 15) is 0 Å². The van der Waals surface area contributed by atoms with Crippen molar-refractivity contribution in [2.75, 3.05) is 27.4 Å². The van der Waals surface area contributed by atoms with E-state index in [1.54, 1.807) is 14.2 Å². The van der Waals surface area contributed by atoms with Gasteiger partial charge < -0.3 is 14.8 Å². The minimum absolute atomic E-state index is 0.164. The Hall–Kier alpha value is -0.120. The fourth-order valence-corrected chi connectivity index (χ4v) is 3.09. The highest BCUT2D eigenvalue weighted by atomic mass is 16.5. The van der Waals surface area contributed by atoms with Crippen molar-refractivity contribution in [3.8, 4) is 0 Å². The highest BCUT2D eigenvalue weighted by Gasteiger charge is 2.33. The summed E-state index contributed by atoms with van der Waals surface area (Å²) in [5.41, 5.74) is 0.391. The summed E-state index contributed by atoms with van der Waals surface area (Å²) in [6.07, 6.45) is 5.55. The van der Waals surface area contributed by atoms with Crippen LogP contribution in [-0.4, -0.2) is 39.5 Å². The molecule has 0 aromatic heterocycles. The Morgan fingerprint density at radius 2 is 1.83 bits per heavy atom. The normalized spacial score (nSPS) is 27.2. The highest BCUT2D eigenvalue weighted by molar-refractivity contribution is 4.88. The molecular weight excluding hydrogens is 226 g/mol. The quantitative estimate of drug-likeness (QED) is 0.793. The predicted molar refractivity (Wildman–Crippen MR) is 75.9 cm³/mol. The first-order valence-corrected chi connectivity index (χ1v) is 7.24. The van der Waals surface area contributed by atoms with E-state index < -0.39 is 0 Å². The second kappa shape index (κ2) is 7.46. The summed E-state index contributed by atoms with van der Waals surface area (Å²) in [6.45, 7) is 8.64. The van der Waals surface area contributed by atoms with Gasteiger partial charge in [-0.1, -0.05) is 33.6 Å². The lowest BCUT2D eigenvalue weighted by molar-refractivity contribution is 0.0217. The lowest BCUT2D eigenvalue weighted by Gasteiger charge is -2.41. The van der Waals surface area contributed by atoms with Crippen LogP contribution in [0.2, 0.25) is 0 Å². The van der Waals surface area contributed by atoms with E-state index >= 15 is 0 Å². The first-order valence-electron chi connectivity index (χ1n) is 7.24. The van der Waals surface area contributed by atoms with E-state index in [2.05, 4.69) is 26.1 Å². The fraction of sp³-hybridized carbons (Fsp3) is 1.00. The van der Waals surface area contributed by atoms with Crippen LogP contribution in [0.5, 0.6) is 0 Å². The first-order chi connectivity index (χ1) is 8.49. The molecule has 0 saturated heterocycles. The molecule has 1 aliphatic carbocycles. The van der Waals surface area contributed by atoms with Gasteiger partial charge in [-0.3, -0.25) is 0 Å². The van der Waals surface area contributed by atoms with Crippen LogP contribution in [0.3, 0.4) is 0 Å². The Labute approximate surface area is 113 Å². The van der Waals surface area contributed by atoms with Crippen LogP contribution in [-0.2, 0) is 9.47 Å². The van der Waals surface area contributed by atoms with Crippen molar-refractivity contribution >= 4 is 0 Å². The van der Waals surface area contributed by atoms with Crippen LogP contribution in [0.4, 0.5) is 0 Å². The lowest BCUT2D eigenvalue weighted by atomic mass is 9.69. The third-order valence-electron chi connectivity index (χ3n) is 4.17. The van der Waals surface area contributed by atoms with Gasteiger partial charge in [0, 0.05) is 26.8 Å². The van der Waals surface area contributed by atoms with Crippen molar-refractivity contribution < 1.29 is 9.47 Å². The van der Waals surface area contributed by atoms with Gasteiger partial charge in [-0.2, -0.15) is 0 Å². The topological polar surface area (TPSA) is 30.5 Å². The van der Waals surface area contributed by atoms with Crippen LogP contribution in [0, 0.1) is 11.3 Å². The molecular formula is C15H31NO2. The number of hydrogen-bond donors (Lipinski definition) is 1. The molecule has 0 aromatic rings. The average molecular weight is 257 g/mol. The smallest absolute Gasteiger partial charge is 0.0928 e. The summed E-state index contributed by atoms with van der Waals surface area (Å²) < 4.78 is 10.6. The maximum Gasteiger partial charge on any atom is 0.0928 e. The molecule has 3 atom stereocenters. The molecule has 0 heterocycles. The van der Waals surface area contributed by atoms with Gasteiger partial charge in [-0.25, -0.2) is 0 Å². The Kier molecular flexibility index (Phi) is 6.61. The molecule has 1 rings (SSSR count). The molecule has 1 N–H and O–H groups in total.